The van der Waals surface area contributed by atoms with Crippen molar-refractivity contribution in [2.75, 3.05) is 41.7 Å². The van der Waals surface area contributed by atoms with Gasteiger partial charge in [0.2, 0.25) is 12.5 Å². The molecule has 6 rings (SSSR count). The number of rotatable bonds is 6. The van der Waals surface area contributed by atoms with Gasteiger partial charge >= 0.3 is 11.9 Å². The van der Waals surface area contributed by atoms with Crippen molar-refractivity contribution in [3.05, 3.63) is 64.2 Å². The first kappa shape index (κ1) is 24.9. The van der Waals surface area contributed by atoms with E-state index in [1.807, 2.05) is 13.1 Å². The number of nitrogens with zero attached hydrogens (tertiary/aromatic N) is 1. The molecule has 3 aromatic rings. The van der Waals surface area contributed by atoms with Crippen LogP contribution in [-0.4, -0.2) is 63.7 Å². The average Bonchev–Trinajstić information content (AvgIpc) is 3.56. The van der Waals surface area contributed by atoms with Crippen LogP contribution < -0.4 is 23.7 Å². The molecule has 10 nitrogen and oxygen atoms in total. The lowest BCUT2D eigenvalue weighted by molar-refractivity contribution is 0.00876. The van der Waals surface area contributed by atoms with Crippen molar-refractivity contribution in [3.63, 3.8) is 0 Å². The first-order chi connectivity index (χ1) is 18.9. The maximum Gasteiger partial charge on any atom is 0.343 e. The third kappa shape index (κ3) is 3.66. The highest BCUT2D eigenvalue weighted by molar-refractivity contribution is 5.98. The molecule has 2 atom stereocenters. The van der Waals surface area contributed by atoms with Crippen LogP contribution in [0.5, 0.6) is 28.7 Å². The Bertz CT molecular complexity index is 1500. The number of hydrogen-bond acceptors (Lipinski definition) is 9. The molecular formula is C29H27NO9. The quantitative estimate of drug-likeness (QED) is 0.462. The number of hydrogen-bond donors (Lipinski definition) is 1. The number of fused-ring (bicyclic) bond motifs is 3. The lowest BCUT2D eigenvalue weighted by Crippen LogP contribution is -2.36. The molecule has 0 aliphatic carbocycles. The van der Waals surface area contributed by atoms with Crippen molar-refractivity contribution in [2.45, 2.75) is 18.6 Å². The molecule has 1 N–H and O–H groups in total. The van der Waals surface area contributed by atoms with Gasteiger partial charge in [-0.1, -0.05) is 18.2 Å². The lowest BCUT2D eigenvalue weighted by atomic mass is 9.81. The maximum absolute atomic E-state index is 13.2. The Balaban J connectivity index is 1.58. The molecule has 39 heavy (non-hydrogen) atoms. The van der Waals surface area contributed by atoms with E-state index in [4.69, 9.17) is 28.4 Å². The summed E-state index contributed by atoms with van der Waals surface area (Å²) < 4.78 is 34.8. The summed E-state index contributed by atoms with van der Waals surface area (Å²) in [5.41, 5.74) is 4.61. The molecule has 0 spiro atoms. The highest BCUT2D eigenvalue weighted by Gasteiger charge is 2.47. The Hall–Kier alpha value is -4.44. The van der Waals surface area contributed by atoms with Crippen molar-refractivity contribution in [2.24, 2.45) is 0 Å². The van der Waals surface area contributed by atoms with Crippen LogP contribution in [0.1, 0.15) is 49.6 Å². The van der Waals surface area contributed by atoms with Crippen LogP contribution in [0, 0.1) is 0 Å². The molecule has 0 saturated carbocycles. The zero-order valence-electron chi connectivity index (χ0n) is 21.9. The first-order valence-corrected chi connectivity index (χ1v) is 12.4. The van der Waals surface area contributed by atoms with Crippen molar-refractivity contribution in [1.82, 2.24) is 4.90 Å². The standard InChI is InChI=1S/C29H27NO9/c1-30-12-11-16-19(14-5-7-15(8-6-14)28(31)32)26-27(38-13-37-26)25(36-4)20(16)22(30)23-17-9-10-18(34-2)24(35-3)21(17)29(33)39-23/h5-10,22-23H,11-13H2,1-4H3,(H,31,32)/t22-,23+/m1/s1. The van der Waals surface area contributed by atoms with E-state index in [1.165, 1.54) is 14.2 Å². The summed E-state index contributed by atoms with van der Waals surface area (Å²) in [4.78, 5) is 26.8. The minimum Gasteiger partial charge on any atom is -0.493 e. The summed E-state index contributed by atoms with van der Waals surface area (Å²) in [5, 5.41) is 9.39. The number of carboxylic acids is 1. The van der Waals surface area contributed by atoms with Gasteiger partial charge in [0.1, 0.15) is 11.7 Å². The minimum absolute atomic E-state index is 0.0214. The summed E-state index contributed by atoms with van der Waals surface area (Å²) in [7, 11) is 6.57. The Labute approximate surface area is 224 Å². The van der Waals surface area contributed by atoms with Gasteiger partial charge in [-0.25, -0.2) is 9.59 Å². The van der Waals surface area contributed by atoms with Crippen molar-refractivity contribution >= 4 is 11.9 Å². The van der Waals surface area contributed by atoms with Gasteiger partial charge in [0.25, 0.3) is 0 Å². The molecule has 0 amide bonds. The van der Waals surface area contributed by atoms with Crippen LogP contribution in [0.4, 0.5) is 0 Å². The topological polar surface area (TPSA) is 113 Å². The summed E-state index contributed by atoms with van der Waals surface area (Å²) in [5.74, 6) is 0.814. The fraction of sp³-hybridized carbons (Fsp3) is 0.310. The van der Waals surface area contributed by atoms with Crippen LogP contribution in [0.15, 0.2) is 36.4 Å². The van der Waals surface area contributed by atoms with Crippen molar-refractivity contribution in [3.8, 4) is 39.9 Å². The molecule has 3 aromatic carbocycles. The zero-order chi connectivity index (χ0) is 27.4. The zero-order valence-corrected chi connectivity index (χ0v) is 21.9. The fourth-order valence-electron chi connectivity index (χ4n) is 5.92. The molecule has 3 aliphatic heterocycles. The van der Waals surface area contributed by atoms with Gasteiger partial charge < -0.3 is 33.5 Å². The van der Waals surface area contributed by atoms with E-state index in [2.05, 4.69) is 4.90 Å². The van der Waals surface area contributed by atoms with Crippen LogP contribution in [0.3, 0.4) is 0 Å². The van der Waals surface area contributed by atoms with E-state index in [-0.39, 0.29) is 12.4 Å². The first-order valence-electron chi connectivity index (χ1n) is 12.4. The summed E-state index contributed by atoms with van der Waals surface area (Å²) in [6, 6.07) is 9.85. The molecule has 3 heterocycles. The average molecular weight is 534 g/mol. The Kier molecular flexibility index (Phi) is 5.99. The number of ether oxygens (including phenoxy) is 6. The van der Waals surface area contributed by atoms with Crippen molar-refractivity contribution in [1.29, 1.82) is 0 Å². The number of carbonyl (C=O) groups is 2. The summed E-state index contributed by atoms with van der Waals surface area (Å²) >= 11 is 0. The number of aromatic carboxylic acids is 1. The van der Waals surface area contributed by atoms with Gasteiger partial charge in [0, 0.05) is 23.2 Å². The van der Waals surface area contributed by atoms with Gasteiger partial charge in [0.15, 0.2) is 23.0 Å². The van der Waals surface area contributed by atoms with E-state index in [0.717, 1.165) is 22.3 Å². The van der Waals surface area contributed by atoms with Crippen LogP contribution >= 0.6 is 0 Å². The highest BCUT2D eigenvalue weighted by atomic mass is 16.7. The lowest BCUT2D eigenvalue weighted by Gasteiger charge is -2.39. The molecule has 0 bridgehead atoms. The molecule has 0 saturated heterocycles. The van der Waals surface area contributed by atoms with Gasteiger partial charge in [0.05, 0.1) is 32.9 Å². The number of methoxy groups -OCH3 is 3. The maximum atomic E-state index is 13.2. The summed E-state index contributed by atoms with van der Waals surface area (Å²) in [6.45, 7) is 0.685. The van der Waals surface area contributed by atoms with Gasteiger partial charge in [-0.2, -0.15) is 0 Å². The van der Waals surface area contributed by atoms with Gasteiger partial charge in [-0.3, -0.25) is 4.90 Å². The van der Waals surface area contributed by atoms with E-state index >= 15 is 0 Å². The fourth-order valence-corrected chi connectivity index (χ4v) is 5.92. The molecule has 0 unspecified atom stereocenters. The highest BCUT2D eigenvalue weighted by Crippen LogP contribution is 2.58. The number of carbonyl (C=O) groups excluding carboxylic acids is 1. The van der Waals surface area contributed by atoms with Crippen LogP contribution in [0.25, 0.3) is 11.1 Å². The Morgan fingerprint density at radius 3 is 2.33 bits per heavy atom. The van der Waals surface area contributed by atoms with Crippen LogP contribution in [0.2, 0.25) is 0 Å². The van der Waals surface area contributed by atoms with E-state index in [1.54, 1.807) is 37.4 Å². The van der Waals surface area contributed by atoms with Crippen molar-refractivity contribution < 1.29 is 43.1 Å². The second-order valence-electron chi connectivity index (χ2n) is 9.51. The molecule has 202 valence electrons. The second kappa shape index (κ2) is 9.39. The number of benzene rings is 3. The molecule has 0 radical (unpaired) electrons. The number of cyclic esters (lactones) is 1. The predicted molar refractivity (Wildman–Crippen MR) is 138 cm³/mol. The number of carboxylic acid groups (broad SMARTS) is 1. The van der Waals surface area contributed by atoms with E-state index < -0.39 is 24.1 Å². The van der Waals surface area contributed by atoms with Gasteiger partial charge in [-0.15, -0.1) is 0 Å². The van der Waals surface area contributed by atoms with E-state index in [9.17, 15) is 14.7 Å². The van der Waals surface area contributed by atoms with Crippen LogP contribution in [-0.2, 0) is 11.2 Å². The van der Waals surface area contributed by atoms with E-state index in [0.29, 0.717) is 52.8 Å². The monoisotopic (exact) mass is 533 g/mol. The van der Waals surface area contributed by atoms with Gasteiger partial charge in [-0.05, 0) is 42.8 Å². The number of esters is 1. The largest absolute Gasteiger partial charge is 0.493 e. The molecule has 0 fully saturated rings. The smallest absolute Gasteiger partial charge is 0.343 e. The Morgan fingerprint density at radius 2 is 1.67 bits per heavy atom. The molecule has 10 heteroatoms. The predicted octanol–water partition coefficient (Wildman–Crippen LogP) is 4.25. The number of likely N-dealkylation sites (N-methyl/N-ethyl adjacent to an activating group) is 1. The second-order valence-corrected chi connectivity index (χ2v) is 9.51. The molecule has 3 aliphatic rings. The molecular weight excluding hydrogens is 506 g/mol. The Morgan fingerprint density at radius 1 is 0.949 bits per heavy atom. The SMILES string of the molecule is COc1ccc2c(c1OC)C(=O)O[C@@H]2[C@H]1c2c(c(-c3ccc(C(=O)O)cc3)c3c(c2OC)OCO3)CCN1C. The molecule has 0 aromatic heterocycles. The third-order valence-electron chi connectivity index (χ3n) is 7.64. The third-order valence-corrected chi connectivity index (χ3v) is 7.64. The normalized spacial score (nSPS) is 19.2. The minimum atomic E-state index is -1.00. The summed E-state index contributed by atoms with van der Waals surface area (Å²) in [6.07, 6.45) is -0.00184.